The van der Waals surface area contributed by atoms with Gasteiger partial charge in [0.1, 0.15) is 6.61 Å². The highest BCUT2D eigenvalue weighted by Crippen LogP contribution is 2.32. The zero-order valence-corrected chi connectivity index (χ0v) is 14.1. The van der Waals surface area contributed by atoms with E-state index in [4.69, 9.17) is 4.74 Å². The van der Waals surface area contributed by atoms with Crippen LogP contribution in [0.15, 0.2) is 16.7 Å². The molecule has 2 aromatic heterocycles. The van der Waals surface area contributed by atoms with Gasteiger partial charge in [0, 0.05) is 18.0 Å². The molecule has 0 aliphatic carbocycles. The number of hydrogen-bond acceptors (Lipinski definition) is 6. The number of alkyl halides is 3. The van der Waals surface area contributed by atoms with Crippen molar-refractivity contribution in [2.45, 2.75) is 32.6 Å². The molecular formula is C14H16F3N3O3S. The maximum Gasteiger partial charge on any atom is 0.471 e. The summed E-state index contributed by atoms with van der Waals surface area (Å²) in [7, 11) is 1.44. The van der Waals surface area contributed by atoms with Crippen LogP contribution >= 0.6 is 11.3 Å². The van der Waals surface area contributed by atoms with E-state index >= 15 is 0 Å². The zero-order chi connectivity index (χ0) is 17.9. The molecule has 1 amide bonds. The Morgan fingerprint density at radius 3 is 2.67 bits per heavy atom. The summed E-state index contributed by atoms with van der Waals surface area (Å²) in [5.41, 5.74) is 0. The van der Waals surface area contributed by atoms with E-state index in [1.54, 1.807) is 17.0 Å². The Kier molecular flexibility index (Phi) is 5.60. The lowest BCUT2D eigenvalue weighted by atomic mass is 10.3. The molecule has 6 nitrogen and oxygen atoms in total. The molecule has 2 heterocycles. The van der Waals surface area contributed by atoms with Crippen molar-refractivity contribution in [3.05, 3.63) is 22.9 Å². The predicted molar refractivity (Wildman–Crippen MR) is 80.2 cm³/mol. The molecule has 0 spiro atoms. The Morgan fingerprint density at radius 1 is 1.42 bits per heavy atom. The number of nitrogens with zero attached hydrogens (tertiary/aromatic N) is 3. The Bertz CT molecular complexity index is 697. The summed E-state index contributed by atoms with van der Waals surface area (Å²) in [6.45, 7) is 4.04. The van der Waals surface area contributed by atoms with Gasteiger partial charge >= 0.3 is 12.1 Å². The first-order valence-corrected chi connectivity index (χ1v) is 7.82. The van der Waals surface area contributed by atoms with Gasteiger partial charge < -0.3 is 14.2 Å². The Balaban J connectivity index is 2.15. The lowest BCUT2D eigenvalue weighted by molar-refractivity contribution is -0.159. The minimum Gasteiger partial charge on any atom is -0.375 e. The van der Waals surface area contributed by atoms with Crippen molar-refractivity contribution < 1.29 is 27.2 Å². The summed E-state index contributed by atoms with van der Waals surface area (Å²) < 4.78 is 46.6. The van der Waals surface area contributed by atoms with Gasteiger partial charge in [-0.15, -0.1) is 11.3 Å². The Hall–Kier alpha value is -1.94. The van der Waals surface area contributed by atoms with E-state index in [-0.39, 0.29) is 24.4 Å². The van der Waals surface area contributed by atoms with Crippen LogP contribution in [0.25, 0.3) is 10.7 Å². The van der Waals surface area contributed by atoms with Crippen LogP contribution < -0.4 is 0 Å². The van der Waals surface area contributed by atoms with E-state index in [2.05, 4.69) is 14.7 Å². The molecule has 0 fully saturated rings. The lowest BCUT2D eigenvalue weighted by Crippen LogP contribution is -2.38. The molecular weight excluding hydrogens is 347 g/mol. The van der Waals surface area contributed by atoms with Crippen molar-refractivity contribution in [2.24, 2.45) is 0 Å². The van der Waals surface area contributed by atoms with Crippen LogP contribution in [0.3, 0.4) is 0 Å². The van der Waals surface area contributed by atoms with Crippen molar-refractivity contribution in [1.82, 2.24) is 15.0 Å². The molecule has 2 rings (SSSR count). The van der Waals surface area contributed by atoms with E-state index in [1.165, 1.54) is 18.4 Å². The van der Waals surface area contributed by atoms with Crippen LogP contribution in [0.1, 0.15) is 24.6 Å². The van der Waals surface area contributed by atoms with Crippen LogP contribution in [0, 0.1) is 0 Å². The van der Waals surface area contributed by atoms with Crippen LogP contribution in [0.4, 0.5) is 13.2 Å². The summed E-state index contributed by atoms with van der Waals surface area (Å²) in [5, 5.41) is 3.35. The van der Waals surface area contributed by atoms with Gasteiger partial charge in [-0.3, -0.25) is 4.79 Å². The number of amides is 1. The van der Waals surface area contributed by atoms with Crippen molar-refractivity contribution >= 4 is 17.2 Å². The average Bonchev–Trinajstić information content (AvgIpc) is 3.12. The number of hydrogen-bond donors (Lipinski definition) is 0. The number of rotatable bonds is 6. The molecule has 0 aliphatic rings. The molecule has 10 heteroatoms. The molecule has 0 saturated carbocycles. The number of thiophene rings is 1. The zero-order valence-electron chi connectivity index (χ0n) is 13.3. The molecule has 0 bridgehead atoms. The summed E-state index contributed by atoms with van der Waals surface area (Å²) in [6, 6.07) is 3.28. The highest BCUT2D eigenvalue weighted by molar-refractivity contribution is 7.15. The van der Waals surface area contributed by atoms with E-state index in [9.17, 15) is 18.0 Å². The van der Waals surface area contributed by atoms with Crippen LogP contribution in [0.5, 0.6) is 0 Å². The fourth-order valence-electron chi connectivity index (χ4n) is 1.95. The monoisotopic (exact) mass is 363 g/mol. The molecule has 132 valence electrons. The smallest absolute Gasteiger partial charge is 0.375 e. The van der Waals surface area contributed by atoms with Gasteiger partial charge in [0.05, 0.1) is 11.4 Å². The van der Waals surface area contributed by atoms with Crippen LogP contribution in [0.2, 0.25) is 0 Å². The number of ether oxygens (including phenoxy) is 1. The first kappa shape index (κ1) is 18.4. The molecule has 0 N–H and O–H groups in total. The highest BCUT2D eigenvalue weighted by Gasteiger charge is 2.38. The number of carbonyl (C=O) groups is 1. The molecule has 2 aromatic rings. The van der Waals surface area contributed by atoms with E-state index in [1.807, 2.05) is 13.8 Å². The van der Waals surface area contributed by atoms with Gasteiger partial charge in [0.2, 0.25) is 11.7 Å². The third-order valence-corrected chi connectivity index (χ3v) is 4.15. The first-order valence-electron chi connectivity index (χ1n) is 7.00. The molecule has 0 atom stereocenters. The summed E-state index contributed by atoms with van der Waals surface area (Å²) in [6.07, 6.45) is -4.67. The second-order valence-corrected chi connectivity index (χ2v) is 6.40. The molecule has 0 aliphatic heterocycles. The number of methoxy groups -OCH3 is 1. The van der Waals surface area contributed by atoms with Gasteiger partial charge in [0.15, 0.2) is 0 Å². The topological polar surface area (TPSA) is 68.5 Å². The quantitative estimate of drug-likeness (QED) is 0.788. The summed E-state index contributed by atoms with van der Waals surface area (Å²) >= 11 is 1.20. The van der Waals surface area contributed by atoms with Crippen molar-refractivity contribution in [3.63, 3.8) is 0 Å². The maximum absolute atomic E-state index is 12.5. The maximum atomic E-state index is 12.5. The van der Waals surface area contributed by atoms with E-state index < -0.39 is 12.1 Å². The van der Waals surface area contributed by atoms with Crippen molar-refractivity contribution in [3.8, 4) is 10.7 Å². The second-order valence-electron chi connectivity index (χ2n) is 5.24. The SMILES string of the molecule is COCC(=O)N(Cc1ccc(-c2noc(C(F)(F)F)n2)s1)C(C)C. The lowest BCUT2D eigenvalue weighted by Gasteiger charge is -2.25. The Labute approximate surface area is 140 Å². The van der Waals surface area contributed by atoms with Crippen LogP contribution in [-0.2, 0) is 22.3 Å². The van der Waals surface area contributed by atoms with Gasteiger partial charge in [-0.05, 0) is 26.0 Å². The largest absolute Gasteiger partial charge is 0.471 e. The normalized spacial score (nSPS) is 12.0. The van der Waals surface area contributed by atoms with Gasteiger partial charge in [-0.2, -0.15) is 18.2 Å². The van der Waals surface area contributed by atoms with Gasteiger partial charge in [-0.1, -0.05) is 5.16 Å². The summed E-state index contributed by atoms with van der Waals surface area (Å²) in [5.74, 6) is -1.68. The van der Waals surface area contributed by atoms with Gasteiger partial charge in [0.25, 0.3) is 0 Å². The molecule has 0 saturated heterocycles. The fourth-order valence-corrected chi connectivity index (χ4v) is 2.89. The summed E-state index contributed by atoms with van der Waals surface area (Å²) in [4.78, 5) is 18.2. The van der Waals surface area contributed by atoms with E-state index in [0.29, 0.717) is 11.4 Å². The van der Waals surface area contributed by atoms with E-state index in [0.717, 1.165) is 4.88 Å². The fraction of sp³-hybridized carbons (Fsp3) is 0.500. The predicted octanol–water partition coefficient (Wildman–Crippen LogP) is 3.20. The molecule has 24 heavy (non-hydrogen) atoms. The third kappa shape index (κ3) is 4.32. The van der Waals surface area contributed by atoms with Gasteiger partial charge in [-0.25, -0.2) is 0 Å². The Morgan fingerprint density at radius 2 is 2.12 bits per heavy atom. The minimum absolute atomic E-state index is 0.0316. The standard InChI is InChI=1S/C14H16F3N3O3S/c1-8(2)20(11(21)7-22-3)6-9-4-5-10(24-9)12-18-13(23-19-12)14(15,16)17/h4-5,8H,6-7H2,1-3H3. The van der Waals surface area contributed by atoms with Crippen molar-refractivity contribution in [1.29, 1.82) is 0 Å². The third-order valence-electron chi connectivity index (χ3n) is 3.09. The highest BCUT2D eigenvalue weighted by atomic mass is 32.1. The number of halogens is 3. The molecule has 0 radical (unpaired) electrons. The van der Waals surface area contributed by atoms with Crippen molar-refractivity contribution in [2.75, 3.05) is 13.7 Å². The number of carbonyl (C=O) groups excluding carboxylic acids is 1. The van der Waals surface area contributed by atoms with Crippen LogP contribution in [-0.4, -0.2) is 40.7 Å². The molecule has 0 unspecified atom stereocenters. The second kappa shape index (κ2) is 7.31. The minimum atomic E-state index is -4.67. The first-order chi connectivity index (χ1) is 11.2. The number of aromatic nitrogens is 2. The average molecular weight is 363 g/mol. The molecule has 0 aromatic carbocycles.